The van der Waals surface area contributed by atoms with Crippen LogP contribution in [-0.2, 0) is 0 Å². The van der Waals surface area contributed by atoms with Crippen molar-refractivity contribution >= 4 is 27.6 Å². The fourth-order valence-electron chi connectivity index (χ4n) is 3.80. The lowest BCUT2D eigenvalue weighted by Crippen LogP contribution is -2.30. The number of anilines is 1. The van der Waals surface area contributed by atoms with Crippen molar-refractivity contribution in [3.63, 3.8) is 0 Å². The van der Waals surface area contributed by atoms with Gasteiger partial charge in [-0.1, -0.05) is 52.3 Å². The van der Waals surface area contributed by atoms with Crippen LogP contribution in [0, 0.1) is 5.92 Å². The number of rotatable bonds is 2. The first-order valence-corrected chi connectivity index (χ1v) is 8.49. The molecule has 0 radical (unpaired) electrons. The highest BCUT2D eigenvalue weighted by atomic mass is 79.9. The average Bonchev–Trinajstić information content (AvgIpc) is 3.04. The number of carboxylic acids is 1. The summed E-state index contributed by atoms with van der Waals surface area (Å²) in [5, 5.41) is 13.0. The van der Waals surface area contributed by atoms with Gasteiger partial charge in [-0.05, 0) is 41.7 Å². The van der Waals surface area contributed by atoms with Gasteiger partial charge >= 0.3 is 5.97 Å². The number of hydrogen-bond donors (Lipinski definition) is 2. The molecule has 0 saturated carbocycles. The highest BCUT2D eigenvalue weighted by molar-refractivity contribution is 9.10. The van der Waals surface area contributed by atoms with Gasteiger partial charge in [0.1, 0.15) is 0 Å². The third kappa shape index (κ3) is 2.38. The molecule has 2 aromatic rings. The Morgan fingerprint density at radius 2 is 1.96 bits per heavy atom. The summed E-state index contributed by atoms with van der Waals surface area (Å²) in [5.74, 6) is -0.184. The van der Waals surface area contributed by atoms with Crippen LogP contribution in [0.3, 0.4) is 0 Å². The topological polar surface area (TPSA) is 49.3 Å². The molecule has 0 saturated heterocycles. The second kappa shape index (κ2) is 5.53. The molecule has 4 rings (SSSR count). The van der Waals surface area contributed by atoms with Gasteiger partial charge in [0, 0.05) is 10.4 Å². The van der Waals surface area contributed by atoms with Crippen LogP contribution in [0.25, 0.3) is 0 Å². The molecular formula is C19H16BrNO2. The molecule has 3 atom stereocenters. The number of hydrogen-bond acceptors (Lipinski definition) is 2. The first-order chi connectivity index (χ1) is 11.1. The van der Waals surface area contributed by atoms with Crippen LogP contribution in [0.1, 0.15) is 39.9 Å². The van der Waals surface area contributed by atoms with E-state index in [9.17, 15) is 9.90 Å². The number of fused-ring (bicyclic) bond motifs is 3. The van der Waals surface area contributed by atoms with Crippen LogP contribution in [-0.4, -0.2) is 11.1 Å². The fraction of sp³-hybridized carbons (Fsp3) is 0.211. The molecule has 116 valence electrons. The van der Waals surface area contributed by atoms with E-state index in [-0.39, 0.29) is 12.0 Å². The van der Waals surface area contributed by atoms with E-state index in [1.54, 1.807) is 6.07 Å². The largest absolute Gasteiger partial charge is 0.478 e. The van der Waals surface area contributed by atoms with Crippen LogP contribution in [0.5, 0.6) is 0 Å². The zero-order valence-electron chi connectivity index (χ0n) is 12.4. The summed E-state index contributed by atoms with van der Waals surface area (Å²) in [6, 6.07) is 14.0. The summed E-state index contributed by atoms with van der Waals surface area (Å²) in [4.78, 5) is 11.6. The predicted octanol–water partition coefficient (Wildman–Crippen LogP) is 4.97. The van der Waals surface area contributed by atoms with E-state index in [1.807, 2.05) is 24.3 Å². The zero-order chi connectivity index (χ0) is 16.0. The van der Waals surface area contributed by atoms with Crippen molar-refractivity contribution in [3.8, 4) is 0 Å². The Hall–Kier alpha value is -2.07. The van der Waals surface area contributed by atoms with E-state index >= 15 is 0 Å². The van der Waals surface area contributed by atoms with Crippen molar-refractivity contribution in [2.75, 3.05) is 5.32 Å². The van der Waals surface area contributed by atoms with Crippen LogP contribution in [0.4, 0.5) is 5.69 Å². The van der Waals surface area contributed by atoms with E-state index in [4.69, 9.17) is 0 Å². The second-order valence-corrected chi connectivity index (χ2v) is 7.02. The van der Waals surface area contributed by atoms with Crippen molar-refractivity contribution < 1.29 is 9.90 Å². The molecule has 2 N–H and O–H groups in total. The quantitative estimate of drug-likeness (QED) is 0.734. The van der Waals surface area contributed by atoms with Gasteiger partial charge in [0.2, 0.25) is 0 Å². The molecule has 1 aliphatic heterocycles. The molecule has 0 unspecified atom stereocenters. The van der Waals surface area contributed by atoms with E-state index in [0.29, 0.717) is 11.5 Å². The molecule has 1 aliphatic carbocycles. The lowest BCUT2D eigenvalue weighted by molar-refractivity contribution is 0.0697. The normalized spacial score (nSPS) is 24.7. The van der Waals surface area contributed by atoms with Gasteiger partial charge in [0.05, 0.1) is 17.3 Å². The van der Waals surface area contributed by atoms with E-state index in [2.05, 4.69) is 45.5 Å². The smallest absolute Gasteiger partial charge is 0.337 e. The predicted molar refractivity (Wildman–Crippen MR) is 93.9 cm³/mol. The minimum absolute atomic E-state index is 0.121. The Kier molecular flexibility index (Phi) is 3.49. The number of halogens is 1. The molecule has 2 aliphatic rings. The zero-order valence-corrected chi connectivity index (χ0v) is 14.0. The van der Waals surface area contributed by atoms with Crippen molar-refractivity contribution in [1.29, 1.82) is 0 Å². The Bertz CT molecular complexity index is 798. The van der Waals surface area contributed by atoms with Gasteiger partial charge in [0.15, 0.2) is 0 Å². The Balaban J connectivity index is 1.83. The highest BCUT2D eigenvalue weighted by Crippen LogP contribution is 2.50. The molecule has 0 aromatic heterocycles. The number of para-hydroxylation sites is 1. The maximum atomic E-state index is 11.6. The van der Waals surface area contributed by atoms with Gasteiger partial charge < -0.3 is 10.4 Å². The number of nitrogens with one attached hydrogen (secondary N) is 1. The number of carboxylic acid groups (broad SMARTS) is 1. The van der Waals surface area contributed by atoms with Crippen molar-refractivity contribution in [2.45, 2.75) is 18.4 Å². The van der Waals surface area contributed by atoms with E-state index in [0.717, 1.165) is 22.1 Å². The fourth-order valence-corrected chi connectivity index (χ4v) is 4.06. The van der Waals surface area contributed by atoms with Crippen molar-refractivity contribution in [3.05, 3.63) is 75.8 Å². The number of carbonyl (C=O) groups is 1. The molecule has 23 heavy (non-hydrogen) atoms. The molecule has 0 spiro atoms. The number of aromatic carboxylic acids is 1. The number of benzene rings is 2. The molecule has 4 heteroatoms. The third-order valence-corrected chi connectivity index (χ3v) is 5.38. The lowest BCUT2D eigenvalue weighted by Gasteiger charge is -2.38. The summed E-state index contributed by atoms with van der Waals surface area (Å²) < 4.78 is 1.05. The number of allylic oxidation sites excluding steroid dienone is 2. The highest BCUT2D eigenvalue weighted by Gasteiger charge is 2.39. The van der Waals surface area contributed by atoms with Crippen LogP contribution >= 0.6 is 15.9 Å². The van der Waals surface area contributed by atoms with Crippen molar-refractivity contribution in [1.82, 2.24) is 0 Å². The summed E-state index contributed by atoms with van der Waals surface area (Å²) in [6.07, 6.45) is 5.45. The summed E-state index contributed by atoms with van der Waals surface area (Å²) in [6.45, 7) is 0. The maximum Gasteiger partial charge on any atom is 0.337 e. The van der Waals surface area contributed by atoms with Crippen LogP contribution < -0.4 is 5.32 Å². The van der Waals surface area contributed by atoms with E-state index in [1.165, 1.54) is 5.56 Å². The standard InChI is InChI=1S/C19H16BrNO2/c20-12-9-7-11(8-10-12)17-14-4-1-3-13(14)15-5-2-6-16(19(22)23)18(15)21-17/h1-3,5-10,13-14,17,21H,4H2,(H,22,23)/t13-,14+,17+/m1/s1. The summed E-state index contributed by atoms with van der Waals surface area (Å²) in [7, 11) is 0. The van der Waals surface area contributed by atoms with Gasteiger partial charge in [-0.15, -0.1) is 0 Å². The van der Waals surface area contributed by atoms with Gasteiger partial charge in [-0.25, -0.2) is 4.79 Å². The molecule has 1 heterocycles. The first kappa shape index (κ1) is 14.5. The van der Waals surface area contributed by atoms with Gasteiger partial charge in [0.25, 0.3) is 0 Å². The monoisotopic (exact) mass is 369 g/mol. The first-order valence-electron chi connectivity index (χ1n) is 7.70. The van der Waals surface area contributed by atoms with E-state index < -0.39 is 5.97 Å². The average molecular weight is 370 g/mol. The minimum atomic E-state index is -0.885. The minimum Gasteiger partial charge on any atom is -0.478 e. The Morgan fingerprint density at radius 3 is 2.70 bits per heavy atom. The van der Waals surface area contributed by atoms with Crippen molar-refractivity contribution in [2.24, 2.45) is 5.92 Å². The van der Waals surface area contributed by atoms with Gasteiger partial charge in [-0.2, -0.15) is 0 Å². The summed E-state index contributed by atoms with van der Waals surface area (Å²) in [5.41, 5.74) is 3.40. The SMILES string of the molecule is O=C(O)c1cccc2c1N[C@@H](c1ccc(Br)cc1)[C@H]1CC=C[C@@H]21. The maximum absolute atomic E-state index is 11.6. The van der Waals surface area contributed by atoms with Crippen LogP contribution in [0.2, 0.25) is 0 Å². The van der Waals surface area contributed by atoms with Crippen LogP contribution in [0.15, 0.2) is 59.1 Å². The molecular weight excluding hydrogens is 354 g/mol. The second-order valence-electron chi connectivity index (χ2n) is 6.10. The molecule has 2 aromatic carbocycles. The molecule has 0 amide bonds. The third-order valence-electron chi connectivity index (χ3n) is 4.86. The van der Waals surface area contributed by atoms with Gasteiger partial charge in [-0.3, -0.25) is 0 Å². The Labute approximate surface area is 143 Å². The Morgan fingerprint density at radius 1 is 1.17 bits per heavy atom. The lowest BCUT2D eigenvalue weighted by atomic mass is 9.76. The molecule has 0 fully saturated rings. The summed E-state index contributed by atoms with van der Waals surface area (Å²) >= 11 is 3.47. The molecule has 3 nitrogen and oxygen atoms in total. The molecule has 0 bridgehead atoms.